The third-order valence-electron chi connectivity index (χ3n) is 3.19. The largest absolute Gasteiger partial charge is 0.505 e. The average molecular weight is 291 g/mol. The van der Waals surface area contributed by atoms with Gasteiger partial charge in [0, 0.05) is 20.0 Å². The van der Waals surface area contributed by atoms with Gasteiger partial charge in [-0.3, -0.25) is 0 Å². The molecule has 21 heavy (non-hydrogen) atoms. The first-order chi connectivity index (χ1) is 9.71. The Balaban J connectivity index is 2.24. The smallest absolute Gasteiger partial charge is 0.350 e. The quantitative estimate of drug-likeness (QED) is 0.376. The monoisotopic (exact) mass is 291 g/mol. The van der Waals surface area contributed by atoms with Gasteiger partial charge < -0.3 is 19.9 Å². The van der Waals surface area contributed by atoms with Crippen molar-refractivity contribution in [3.63, 3.8) is 0 Å². The number of nitrogens with one attached hydrogen (secondary N) is 1. The van der Waals surface area contributed by atoms with Crippen molar-refractivity contribution < 1.29 is 24.2 Å². The summed E-state index contributed by atoms with van der Waals surface area (Å²) >= 11 is 0. The van der Waals surface area contributed by atoms with E-state index in [1.807, 2.05) is 13.0 Å². The number of ether oxygens (including phenoxy) is 2. The van der Waals surface area contributed by atoms with Crippen LogP contribution in [0.15, 0.2) is 23.9 Å². The number of carbonyl (C=O) groups is 2. The van der Waals surface area contributed by atoms with Crippen molar-refractivity contribution in [2.45, 2.75) is 33.5 Å². The summed E-state index contributed by atoms with van der Waals surface area (Å²) in [5, 5.41) is 12.7. The first kappa shape index (κ1) is 14.9. The van der Waals surface area contributed by atoms with Crippen molar-refractivity contribution in [3.8, 4) is 5.75 Å². The molecule has 1 saturated heterocycles. The summed E-state index contributed by atoms with van der Waals surface area (Å²) in [4.78, 5) is 23.5. The molecule has 0 bridgehead atoms. The molecule has 1 aliphatic rings. The summed E-state index contributed by atoms with van der Waals surface area (Å²) in [6.07, 6.45) is 1.17. The highest BCUT2D eigenvalue weighted by atomic mass is 16.7. The molecule has 2 rings (SSSR count). The van der Waals surface area contributed by atoms with E-state index in [1.165, 1.54) is 20.0 Å². The van der Waals surface area contributed by atoms with Crippen molar-refractivity contribution in [1.29, 1.82) is 0 Å². The van der Waals surface area contributed by atoms with Gasteiger partial charge in [0.05, 0.1) is 5.69 Å². The lowest BCUT2D eigenvalue weighted by atomic mass is 10.1. The fraction of sp³-hybridized carbons (Fsp3) is 0.333. The van der Waals surface area contributed by atoms with Crippen LogP contribution >= 0.6 is 0 Å². The van der Waals surface area contributed by atoms with Crippen LogP contribution < -0.4 is 5.32 Å². The fourth-order valence-corrected chi connectivity index (χ4v) is 1.85. The van der Waals surface area contributed by atoms with Crippen molar-refractivity contribution in [3.05, 3.63) is 35.0 Å². The molecule has 112 valence electrons. The topological polar surface area (TPSA) is 84.9 Å². The Kier molecular flexibility index (Phi) is 3.63. The second-order valence-corrected chi connectivity index (χ2v) is 5.28. The molecule has 0 saturated carbocycles. The van der Waals surface area contributed by atoms with E-state index >= 15 is 0 Å². The van der Waals surface area contributed by atoms with E-state index in [0.717, 1.165) is 5.56 Å². The second kappa shape index (κ2) is 5.12. The summed E-state index contributed by atoms with van der Waals surface area (Å²) in [5.41, 5.74) is 1.78. The van der Waals surface area contributed by atoms with Crippen molar-refractivity contribution >= 4 is 17.6 Å². The van der Waals surface area contributed by atoms with Crippen molar-refractivity contribution in [2.75, 3.05) is 5.32 Å². The molecule has 1 aromatic rings. The minimum absolute atomic E-state index is 0.0599. The van der Waals surface area contributed by atoms with Gasteiger partial charge in [-0.1, -0.05) is 6.07 Å². The molecule has 1 fully saturated rings. The number of aryl methyl sites for hydroxylation is 1. The standard InChI is InChI=1S/C15H17NO5/c1-8-5-6-11(12(17)9(8)2)16-7-10-13(18)20-15(3,4)21-14(10)19/h5-7,16-17H,1-4H3. The van der Waals surface area contributed by atoms with Crippen LogP contribution in [-0.4, -0.2) is 22.8 Å². The summed E-state index contributed by atoms with van der Waals surface area (Å²) < 4.78 is 9.93. The van der Waals surface area contributed by atoms with E-state index in [1.54, 1.807) is 13.0 Å². The van der Waals surface area contributed by atoms with E-state index < -0.39 is 17.7 Å². The van der Waals surface area contributed by atoms with E-state index in [9.17, 15) is 14.7 Å². The Morgan fingerprint density at radius 3 is 2.29 bits per heavy atom. The molecule has 2 N–H and O–H groups in total. The maximum Gasteiger partial charge on any atom is 0.350 e. The summed E-state index contributed by atoms with van der Waals surface area (Å²) in [6.45, 7) is 6.59. The number of hydrogen-bond donors (Lipinski definition) is 2. The Morgan fingerprint density at radius 2 is 1.71 bits per heavy atom. The normalized spacial score (nSPS) is 17.0. The number of phenols is 1. The van der Waals surface area contributed by atoms with Crippen LogP contribution in [0.25, 0.3) is 0 Å². The molecule has 0 aromatic heterocycles. The molecule has 0 unspecified atom stereocenters. The number of phenolic OH excluding ortho intramolecular Hbond substituents is 1. The van der Waals surface area contributed by atoms with Crippen LogP contribution in [-0.2, 0) is 19.1 Å². The number of cyclic esters (lactones) is 2. The van der Waals surface area contributed by atoms with Gasteiger partial charge in [-0.15, -0.1) is 0 Å². The Morgan fingerprint density at radius 1 is 1.14 bits per heavy atom. The number of benzene rings is 1. The third kappa shape index (κ3) is 2.99. The number of hydrogen-bond acceptors (Lipinski definition) is 6. The van der Waals surface area contributed by atoms with Gasteiger partial charge in [-0.2, -0.15) is 0 Å². The van der Waals surface area contributed by atoms with Crippen molar-refractivity contribution in [1.82, 2.24) is 0 Å². The first-order valence-electron chi connectivity index (χ1n) is 6.44. The predicted molar refractivity (Wildman–Crippen MR) is 75.5 cm³/mol. The van der Waals surface area contributed by atoms with E-state index in [0.29, 0.717) is 11.3 Å². The van der Waals surface area contributed by atoms with Gasteiger partial charge in [-0.25, -0.2) is 9.59 Å². The number of esters is 2. The first-order valence-corrected chi connectivity index (χ1v) is 6.44. The van der Waals surface area contributed by atoms with Gasteiger partial charge in [0.15, 0.2) is 5.57 Å². The lowest BCUT2D eigenvalue weighted by Crippen LogP contribution is -2.42. The minimum Gasteiger partial charge on any atom is -0.505 e. The van der Waals surface area contributed by atoms with Gasteiger partial charge >= 0.3 is 11.9 Å². The fourth-order valence-electron chi connectivity index (χ4n) is 1.85. The molecule has 0 aliphatic carbocycles. The molecule has 6 heteroatoms. The van der Waals surface area contributed by atoms with E-state index in [-0.39, 0.29) is 11.3 Å². The maximum absolute atomic E-state index is 11.8. The number of aromatic hydroxyl groups is 1. The van der Waals surface area contributed by atoms with Crippen LogP contribution in [0.1, 0.15) is 25.0 Å². The number of carbonyl (C=O) groups excluding carboxylic acids is 2. The maximum atomic E-state index is 11.8. The molecular formula is C15H17NO5. The molecule has 1 aliphatic heterocycles. The molecule has 0 radical (unpaired) electrons. The highest BCUT2D eigenvalue weighted by Gasteiger charge is 2.38. The molecule has 1 aromatic carbocycles. The van der Waals surface area contributed by atoms with E-state index in [4.69, 9.17) is 9.47 Å². The van der Waals surface area contributed by atoms with Gasteiger partial charge in [0.2, 0.25) is 0 Å². The number of anilines is 1. The summed E-state index contributed by atoms with van der Waals surface area (Å²) in [5.74, 6) is -2.75. The zero-order valence-corrected chi connectivity index (χ0v) is 12.3. The average Bonchev–Trinajstić information content (AvgIpc) is 2.36. The minimum atomic E-state index is -1.27. The van der Waals surface area contributed by atoms with Crippen molar-refractivity contribution in [2.24, 2.45) is 0 Å². The van der Waals surface area contributed by atoms with Crippen LogP contribution in [0, 0.1) is 13.8 Å². The van der Waals surface area contributed by atoms with Gasteiger partial charge in [0.1, 0.15) is 5.75 Å². The number of rotatable bonds is 2. The molecule has 0 amide bonds. The molecule has 0 spiro atoms. The SMILES string of the molecule is Cc1ccc(NC=C2C(=O)OC(C)(C)OC2=O)c(O)c1C. The van der Waals surface area contributed by atoms with Crippen LogP contribution in [0.4, 0.5) is 5.69 Å². The Bertz CT molecular complexity index is 624. The van der Waals surface area contributed by atoms with Crippen LogP contribution in [0.3, 0.4) is 0 Å². The molecule has 0 atom stereocenters. The molecule has 6 nitrogen and oxygen atoms in total. The van der Waals surface area contributed by atoms with Crippen LogP contribution in [0.2, 0.25) is 0 Å². The third-order valence-corrected chi connectivity index (χ3v) is 3.19. The predicted octanol–water partition coefficient (Wildman–Crippen LogP) is 2.14. The highest BCUT2D eigenvalue weighted by molar-refractivity contribution is 6.15. The zero-order valence-electron chi connectivity index (χ0n) is 12.3. The summed E-state index contributed by atoms with van der Waals surface area (Å²) in [7, 11) is 0. The lowest BCUT2D eigenvalue weighted by molar-refractivity contribution is -0.222. The van der Waals surface area contributed by atoms with Gasteiger partial charge in [0.25, 0.3) is 5.79 Å². The molecular weight excluding hydrogens is 274 g/mol. The Labute approximate surface area is 122 Å². The Hall–Kier alpha value is -2.50. The lowest BCUT2D eigenvalue weighted by Gasteiger charge is -2.29. The zero-order chi connectivity index (χ0) is 15.8. The highest BCUT2D eigenvalue weighted by Crippen LogP contribution is 2.30. The molecule has 1 heterocycles. The van der Waals surface area contributed by atoms with Crippen LogP contribution in [0.5, 0.6) is 5.75 Å². The second-order valence-electron chi connectivity index (χ2n) is 5.28. The summed E-state index contributed by atoms with van der Waals surface area (Å²) in [6, 6.07) is 3.47. The van der Waals surface area contributed by atoms with Gasteiger partial charge in [-0.05, 0) is 31.0 Å². The van der Waals surface area contributed by atoms with E-state index in [2.05, 4.69) is 5.32 Å².